The molecule has 0 aromatic carbocycles. The number of hydrogen-bond donors (Lipinski definition) is 2. The summed E-state index contributed by atoms with van der Waals surface area (Å²) < 4.78 is 5.21. The topological polar surface area (TPSA) is 68.3 Å². The Labute approximate surface area is 134 Å². The molecule has 1 aromatic rings. The van der Waals surface area contributed by atoms with Gasteiger partial charge in [0.1, 0.15) is 12.0 Å². The van der Waals surface area contributed by atoms with Crippen LogP contribution in [0, 0.1) is 11.3 Å². The van der Waals surface area contributed by atoms with Crippen molar-refractivity contribution in [2.75, 3.05) is 0 Å². The van der Waals surface area contributed by atoms with Crippen molar-refractivity contribution in [3.8, 4) is 0 Å². The Morgan fingerprint density at radius 1 is 1.33 bits per heavy atom. The minimum atomic E-state index is -0.0860. The molecule has 0 fully saturated rings. The molecule has 0 aliphatic rings. The van der Waals surface area contributed by atoms with Crippen LogP contribution >= 0.6 is 12.4 Å². The first-order chi connectivity index (χ1) is 9.24. The molecule has 1 aromatic heterocycles. The van der Waals surface area contributed by atoms with Gasteiger partial charge in [-0.05, 0) is 30.2 Å². The van der Waals surface area contributed by atoms with Crippen LogP contribution in [0.15, 0.2) is 16.7 Å². The molecule has 1 unspecified atom stereocenters. The summed E-state index contributed by atoms with van der Waals surface area (Å²) in [5.74, 6) is 1.18. The van der Waals surface area contributed by atoms with Crippen molar-refractivity contribution in [3.63, 3.8) is 0 Å². The summed E-state index contributed by atoms with van der Waals surface area (Å²) >= 11 is 0. The molecule has 5 heteroatoms. The molecule has 0 aliphatic heterocycles. The molecule has 0 aliphatic carbocycles. The van der Waals surface area contributed by atoms with E-state index in [0.29, 0.717) is 23.8 Å². The monoisotopic (exact) mass is 316 g/mol. The quantitative estimate of drug-likeness (QED) is 0.840. The molecule has 4 nitrogen and oxygen atoms in total. The fraction of sp³-hybridized carbons (Fsp3) is 0.688. The van der Waals surface area contributed by atoms with Crippen molar-refractivity contribution in [3.05, 3.63) is 23.7 Å². The van der Waals surface area contributed by atoms with E-state index in [-0.39, 0.29) is 29.8 Å². The van der Waals surface area contributed by atoms with Gasteiger partial charge in [0.15, 0.2) is 0 Å². The van der Waals surface area contributed by atoms with Gasteiger partial charge in [0, 0.05) is 6.04 Å². The molecule has 0 saturated carbocycles. The molecular formula is C16H29ClN2O2. The zero-order chi connectivity index (χ0) is 15.3. The highest BCUT2D eigenvalue weighted by atomic mass is 35.5. The summed E-state index contributed by atoms with van der Waals surface area (Å²) in [5.41, 5.74) is 6.07. The maximum absolute atomic E-state index is 12.3. The number of nitrogens with two attached hydrogens (primary N) is 1. The lowest BCUT2D eigenvalue weighted by molar-refractivity contribution is 0.0893. The molecule has 1 heterocycles. The smallest absolute Gasteiger partial charge is 0.254 e. The number of furan rings is 1. The molecule has 1 amide bonds. The van der Waals surface area contributed by atoms with Crippen LogP contribution < -0.4 is 11.1 Å². The second kappa shape index (κ2) is 8.44. The van der Waals surface area contributed by atoms with E-state index in [0.717, 1.165) is 12.8 Å². The maximum Gasteiger partial charge on any atom is 0.254 e. The summed E-state index contributed by atoms with van der Waals surface area (Å²) in [6.07, 6.45) is 3.55. The zero-order valence-corrected chi connectivity index (χ0v) is 14.5. The Hall–Kier alpha value is -1.00. The number of carbonyl (C=O) groups is 1. The molecule has 1 atom stereocenters. The van der Waals surface area contributed by atoms with Crippen LogP contribution in [-0.2, 0) is 6.54 Å². The predicted molar refractivity (Wildman–Crippen MR) is 88.6 cm³/mol. The van der Waals surface area contributed by atoms with E-state index in [4.69, 9.17) is 10.2 Å². The molecule has 1 rings (SSSR count). The minimum Gasteiger partial charge on any atom is -0.467 e. The van der Waals surface area contributed by atoms with E-state index in [9.17, 15) is 4.79 Å². The van der Waals surface area contributed by atoms with Crippen LogP contribution in [0.3, 0.4) is 0 Å². The highest BCUT2D eigenvalue weighted by molar-refractivity contribution is 5.94. The number of hydrogen-bond acceptors (Lipinski definition) is 3. The summed E-state index contributed by atoms with van der Waals surface area (Å²) in [6.45, 7) is 11.2. The van der Waals surface area contributed by atoms with Gasteiger partial charge in [-0.1, -0.05) is 34.6 Å². The molecule has 0 radical (unpaired) electrons. The highest BCUT2D eigenvalue weighted by Gasteiger charge is 2.26. The number of rotatable bonds is 6. The van der Waals surface area contributed by atoms with Crippen molar-refractivity contribution in [1.82, 2.24) is 5.32 Å². The van der Waals surface area contributed by atoms with Gasteiger partial charge in [-0.3, -0.25) is 4.79 Å². The molecule has 0 bridgehead atoms. The molecular weight excluding hydrogens is 288 g/mol. The van der Waals surface area contributed by atoms with E-state index < -0.39 is 0 Å². The van der Waals surface area contributed by atoms with Crippen molar-refractivity contribution < 1.29 is 9.21 Å². The van der Waals surface area contributed by atoms with Gasteiger partial charge >= 0.3 is 0 Å². The van der Waals surface area contributed by atoms with Crippen molar-refractivity contribution in [2.45, 2.75) is 60.0 Å². The van der Waals surface area contributed by atoms with Crippen LogP contribution in [0.1, 0.15) is 63.6 Å². The first-order valence-corrected chi connectivity index (χ1v) is 7.32. The van der Waals surface area contributed by atoms with Gasteiger partial charge in [-0.25, -0.2) is 0 Å². The average Bonchev–Trinajstić information content (AvgIpc) is 2.81. The predicted octanol–water partition coefficient (Wildman–Crippen LogP) is 3.74. The Morgan fingerprint density at radius 2 is 1.95 bits per heavy atom. The lowest BCUT2D eigenvalue weighted by atomic mass is 9.82. The van der Waals surface area contributed by atoms with Gasteiger partial charge < -0.3 is 15.5 Å². The van der Waals surface area contributed by atoms with E-state index in [1.54, 1.807) is 6.07 Å². The molecule has 122 valence electrons. The van der Waals surface area contributed by atoms with Crippen molar-refractivity contribution in [1.29, 1.82) is 0 Å². The van der Waals surface area contributed by atoms with Crippen LogP contribution in [0.2, 0.25) is 0 Å². The highest BCUT2D eigenvalue weighted by Crippen LogP contribution is 2.25. The van der Waals surface area contributed by atoms with Crippen LogP contribution in [0.25, 0.3) is 0 Å². The largest absolute Gasteiger partial charge is 0.467 e. The molecule has 3 N–H and O–H groups in total. The van der Waals surface area contributed by atoms with E-state index in [1.807, 2.05) is 0 Å². The van der Waals surface area contributed by atoms with Gasteiger partial charge in [-0.15, -0.1) is 12.4 Å². The fourth-order valence-electron chi connectivity index (χ4n) is 2.07. The first-order valence-electron chi connectivity index (χ1n) is 7.32. The second-order valence-electron chi connectivity index (χ2n) is 6.87. The third-order valence-corrected chi connectivity index (χ3v) is 3.50. The minimum absolute atomic E-state index is 0. The maximum atomic E-state index is 12.3. The SMILES string of the molecule is CC(C)CCC(NC(=O)c1coc(CN)c1)C(C)(C)C.Cl. The van der Waals surface area contributed by atoms with Gasteiger partial charge in [0.05, 0.1) is 12.1 Å². The van der Waals surface area contributed by atoms with Gasteiger partial charge in [0.2, 0.25) is 0 Å². The lowest BCUT2D eigenvalue weighted by Gasteiger charge is -2.32. The Kier molecular flexibility index (Phi) is 8.04. The van der Waals surface area contributed by atoms with Crippen molar-refractivity contribution >= 4 is 18.3 Å². The summed E-state index contributed by atoms with van der Waals surface area (Å²) in [5, 5.41) is 3.13. The third-order valence-electron chi connectivity index (χ3n) is 3.50. The Bertz CT molecular complexity index is 436. The number of halogens is 1. The second-order valence-corrected chi connectivity index (χ2v) is 6.87. The normalized spacial score (nSPS) is 12.9. The fourth-order valence-corrected chi connectivity index (χ4v) is 2.07. The lowest BCUT2D eigenvalue weighted by Crippen LogP contribution is -2.43. The number of carbonyl (C=O) groups excluding carboxylic acids is 1. The van der Waals surface area contributed by atoms with E-state index in [1.165, 1.54) is 6.26 Å². The van der Waals surface area contributed by atoms with E-state index in [2.05, 4.69) is 39.9 Å². The summed E-state index contributed by atoms with van der Waals surface area (Å²) in [7, 11) is 0. The van der Waals surface area contributed by atoms with Gasteiger partial charge in [0.25, 0.3) is 5.91 Å². The van der Waals surface area contributed by atoms with Crippen LogP contribution in [0.4, 0.5) is 0 Å². The summed E-state index contributed by atoms with van der Waals surface area (Å²) in [6, 6.07) is 1.85. The van der Waals surface area contributed by atoms with E-state index >= 15 is 0 Å². The standard InChI is InChI=1S/C16H28N2O2.ClH/c1-11(2)6-7-14(16(3,4)5)18-15(19)12-8-13(9-17)20-10-12;/h8,10-11,14H,6-7,9,17H2,1-5H3,(H,18,19);1H. The summed E-state index contributed by atoms with van der Waals surface area (Å²) in [4.78, 5) is 12.3. The van der Waals surface area contributed by atoms with Gasteiger partial charge in [-0.2, -0.15) is 0 Å². The van der Waals surface area contributed by atoms with Crippen molar-refractivity contribution in [2.24, 2.45) is 17.1 Å². The number of nitrogens with one attached hydrogen (secondary N) is 1. The van der Waals surface area contributed by atoms with Crippen LogP contribution in [0.5, 0.6) is 0 Å². The molecule has 0 spiro atoms. The number of amides is 1. The third kappa shape index (κ3) is 6.53. The zero-order valence-electron chi connectivity index (χ0n) is 13.7. The van der Waals surface area contributed by atoms with Crippen LogP contribution in [-0.4, -0.2) is 11.9 Å². The Balaban J connectivity index is 0.00000400. The Morgan fingerprint density at radius 3 is 2.38 bits per heavy atom. The molecule has 0 saturated heterocycles. The average molecular weight is 317 g/mol. The molecule has 21 heavy (non-hydrogen) atoms. The first kappa shape index (κ1) is 20.0.